The number of aliphatic hydroxyl groups is 2. The van der Waals surface area contributed by atoms with E-state index in [0.29, 0.717) is 12.2 Å². The fourth-order valence-electron chi connectivity index (χ4n) is 1.81. The molecule has 1 aromatic rings. The van der Waals surface area contributed by atoms with Crippen LogP contribution in [0.25, 0.3) is 0 Å². The van der Waals surface area contributed by atoms with Gasteiger partial charge >= 0.3 is 0 Å². The lowest BCUT2D eigenvalue weighted by Crippen LogP contribution is -2.15. The quantitative estimate of drug-likeness (QED) is 0.328. The number of aliphatic hydroxyl groups excluding tert-OH is 2. The Hall–Kier alpha value is -1.89. The average Bonchev–Trinajstić information content (AvgIpc) is 2.52. The summed E-state index contributed by atoms with van der Waals surface area (Å²) in [6.45, 7) is 2.05. The largest absolute Gasteiger partial charge is 0.491 e. The van der Waals surface area contributed by atoms with Crippen molar-refractivity contribution in [3.63, 3.8) is 0 Å². The molecule has 0 aliphatic carbocycles. The Bertz CT molecular complexity index is 458. The highest BCUT2D eigenvalue weighted by atomic mass is 16.5. The standard InChI is InChI=1S/C15H21NO5/c1-11(3-2-4-14(18)16-20)15(19)12-5-7-13(8-6-12)21-10-9-17/h2,4-8,11,15,17,19-20H,3,9-10H2,1H3,(H,16,18)/b4-2+/t11-,15+/m1/s1. The van der Waals surface area contributed by atoms with Crippen molar-refractivity contribution in [3.8, 4) is 5.75 Å². The number of allylic oxidation sites excluding steroid dienone is 1. The summed E-state index contributed by atoms with van der Waals surface area (Å²) in [7, 11) is 0. The van der Waals surface area contributed by atoms with E-state index >= 15 is 0 Å². The number of benzene rings is 1. The molecule has 0 aliphatic heterocycles. The molecule has 2 atom stereocenters. The van der Waals surface area contributed by atoms with Crippen molar-refractivity contribution in [2.45, 2.75) is 19.4 Å². The van der Waals surface area contributed by atoms with Crippen LogP contribution in [0.4, 0.5) is 0 Å². The Morgan fingerprint density at radius 2 is 2.05 bits per heavy atom. The molecule has 0 saturated carbocycles. The molecule has 0 unspecified atom stereocenters. The maximum Gasteiger partial charge on any atom is 0.267 e. The lowest BCUT2D eigenvalue weighted by molar-refractivity contribution is -0.124. The Kier molecular flexibility index (Phi) is 7.45. The molecule has 1 rings (SSSR count). The molecular weight excluding hydrogens is 274 g/mol. The maximum absolute atomic E-state index is 10.8. The zero-order valence-electron chi connectivity index (χ0n) is 11.9. The molecule has 6 heteroatoms. The van der Waals surface area contributed by atoms with Crippen molar-refractivity contribution in [2.75, 3.05) is 13.2 Å². The predicted molar refractivity (Wildman–Crippen MR) is 76.8 cm³/mol. The van der Waals surface area contributed by atoms with Gasteiger partial charge in [-0.05, 0) is 30.0 Å². The van der Waals surface area contributed by atoms with Crippen molar-refractivity contribution in [1.29, 1.82) is 0 Å². The molecular formula is C15H21NO5. The predicted octanol–water partition coefficient (Wildman–Crippen LogP) is 1.18. The fraction of sp³-hybridized carbons (Fsp3) is 0.400. The van der Waals surface area contributed by atoms with Gasteiger partial charge in [0, 0.05) is 6.08 Å². The van der Waals surface area contributed by atoms with Crippen molar-refractivity contribution in [1.82, 2.24) is 5.48 Å². The third-order valence-corrected chi connectivity index (χ3v) is 3.01. The highest BCUT2D eigenvalue weighted by Crippen LogP contribution is 2.26. The second-order valence-electron chi connectivity index (χ2n) is 4.68. The van der Waals surface area contributed by atoms with Crippen LogP contribution in [0.5, 0.6) is 5.75 Å². The van der Waals surface area contributed by atoms with Gasteiger partial charge in [0.15, 0.2) is 0 Å². The van der Waals surface area contributed by atoms with Crippen LogP contribution in [0, 0.1) is 5.92 Å². The van der Waals surface area contributed by atoms with Gasteiger partial charge in [0.2, 0.25) is 0 Å². The number of hydrogen-bond acceptors (Lipinski definition) is 5. The van der Waals surface area contributed by atoms with Crippen LogP contribution in [0.2, 0.25) is 0 Å². The third-order valence-electron chi connectivity index (χ3n) is 3.01. The SMILES string of the molecule is C[C@H](C/C=C/C(=O)NO)[C@H](O)c1ccc(OCCO)cc1. The average molecular weight is 295 g/mol. The first kappa shape index (κ1) is 17.2. The van der Waals surface area contributed by atoms with E-state index < -0.39 is 12.0 Å². The molecule has 1 aromatic carbocycles. The number of ether oxygens (including phenoxy) is 1. The Balaban J connectivity index is 2.55. The third kappa shape index (κ3) is 5.95. The number of rotatable bonds is 8. The van der Waals surface area contributed by atoms with Crippen molar-refractivity contribution in [2.24, 2.45) is 5.92 Å². The number of nitrogens with one attached hydrogen (secondary N) is 1. The summed E-state index contributed by atoms with van der Waals surface area (Å²) in [6.07, 6.45) is 2.64. The first-order valence-electron chi connectivity index (χ1n) is 6.70. The van der Waals surface area contributed by atoms with Crippen LogP contribution in [-0.2, 0) is 4.79 Å². The minimum atomic E-state index is -0.668. The second-order valence-corrected chi connectivity index (χ2v) is 4.68. The van der Waals surface area contributed by atoms with E-state index in [2.05, 4.69) is 0 Å². The summed E-state index contributed by atoms with van der Waals surface area (Å²) >= 11 is 0. The smallest absolute Gasteiger partial charge is 0.267 e. The van der Waals surface area contributed by atoms with Gasteiger partial charge in [-0.3, -0.25) is 10.0 Å². The molecule has 6 nitrogen and oxygen atoms in total. The van der Waals surface area contributed by atoms with Gasteiger partial charge in [-0.25, -0.2) is 5.48 Å². The van der Waals surface area contributed by atoms with Gasteiger partial charge < -0.3 is 14.9 Å². The summed E-state index contributed by atoms with van der Waals surface area (Å²) < 4.78 is 5.24. The van der Waals surface area contributed by atoms with E-state index in [4.69, 9.17) is 15.1 Å². The molecule has 1 amide bonds. The normalized spacial score (nSPS) is 13.9. The summed E-state index contributed by atoms with van der Waals surface area (Å²) in [4.78, 5) is 10.8. The maximum atomic E-state index is 10.8. The zero-order valence-corrected chi connectivity index (χ0v) is 11.9. The van der Waals surface area contributed by atoms with Gasteiger partial charge in [-0.2, -0.15) is 0 Å². The van der Waals surface area contributed by atoms with E-state index in [-0.39, 0.29) is 19.1 Å². The van der Waals surface area contributed by atoms with E-state index in [1.165, 1.54) is 11.6 Å². The van der Waals surface area contributed by atoms with Crippen LogP contribution in [0.15, 0.2) is 36.4 Å². The molecule has 0 bridgehead atoms. The monoisotopic (exact) mass is 295 g/mol. The van der Waals surface area contributed by atoms with Gasteiger partial charge in [0.25, 0.3) is 5.91 Å². The molecule has 0 aliphatic rings. The lowest BCUT2D eigenvalue weighted by Gasteiger charge is -2.18. The summed E-state index contributed by atoms with van der Waals surface area (Å²) in [6, 6.07) is 6.99. The highest BCUT2D eigenvalue weighted by Gasteiger charge is 2.15. The number of carbonyl (C=O) groups is 1. The summed E-state index contributed by atoms with van der Waals surface area (Å²) in [5.41, 5.74) is 2.25. The molecule has 0 saturated heterocycles. The van der Waals surface area contributed by atoms with Gasteiger partial charge in [0.05, 0.1) is 12.7 Å². The van der Waals surface area contributed by atoms with E-state index in [9.17, 15) is 9.90 Å². The summed E-state index contributed by atoms with van der Waals surface area (Å²) in [5.74, 6) is -0.0498. The lowest BCUT2D eigenvalue weighted by atomic mass is 9.94. The molecule has 0 spiro atoms. The van der Waals surface area contributed by atoms with Crippen LogP contribution >= 0.6 is 0 Å². The number of hydroxylamine groups is 1. The molecule has 0 aromatic heterocycles. The van der Waals surface area contributed by atoms with Crippen LogP contribution in [0.1, 0.15) is 25.0 Å². The van der Waals surface area contributed by atoms with Gasteiger partial charge in [-0.15, -0.1) is 0 Å². The van der Waals surface area contributed by atoms with Crippen molar-refractivity contribution in [3.05, 3.63) is 42.0 Å². The van der Waals surface area contributed by atoms with Crippen LogP contribution in [0.3, 0.4) is 0 Å². The fourth-order valence-corrected chi connectivity index (χ4v) is 1.81. The molecule has 0 radical (unpaired) electrons. The second kappa shape index (κ2) is 9.12. The minimum absolute atomic E-state index is 0.0465. The number of hydrogen-bond donors (Lipinski definition) is 4. The van der Waals surface area contributed by atoms with E-state index in [1.807, 2.05) is 6.92 Å². The van der Waals surface area contributed by atoms with Crippen molar-refractivity contribution < 1.29 is 25.0 Å². The van der Waals surface area contributed by atoms with Crippen LogP contribution in [-0.4, -0.2) is 34.5 Å². The first-order valence-corrected chi connectivity index (χ1v) is 6.70. The Morgan fingerprint density at radius 1 is 1.38 bits per heavy atom. The Labute approximate surface area is 123 Å². The van der Waals surface area contributed by atoms with Crippen molar-refractivity contribution >= 4 is 5.91 Å². The first-order chi connectivity index (χ1) is 10.1. The molecule has 0 fully saturated rings. The number of amides is 1. The Morgan fingerprint density at radius 3 is 2.62 bits per heavy atom. The van der Waals surface area contributed by atoms with Gasteiger partial charge in [-0.1, -0.05) is 25.1 Å². The summed E-state index contributed by atoms with van der Waals surface area (Å²) in [5, 5.41) is 27.2. The highest BCUT2D eigenvalue weighted by molar-refractivity contribution is 5.86. The van der Waals surface area contributed by atoms with E-state index in [1.54, 1.807) is 30.3 Å². The van der Waals surface area contributed by atoms with Gasteiger partial charge in [0.1, 0.15) is 12.4 Å². The number of carbonyl (C=O) groups excluding carboxylic acids is 1. The topological polar surface area (TPSA) is 99.0 Å². The molecule has 0 heterocycles. The molecule has 4 N–H and O–H groups in total. The zero-order chi connectivity index (χ0) is 15.7. The minimum Gasteiger partial charge on any atom is -0.491 e. The molecule has 21 heavy (non-hydrogen) atoms. The van der Waals surface area contributed by atoms with Crippen LogP contribution < -0.4 is 10.2 Å². The van der Waals surface area contributed by atoms with E-state index in [0.717, 1.165) is 5.56 Å². The molecule has 116 valence electrons.